The van der Waals surface area contributed by atoms with Gasteiger partial charge >= 0.3 is 0 Å². The molecule has 17 heavy (non-hydrogen) atoms. The third-order valence-electron chi connectivity index (χ3n) is 2.53. The standard InChI is InChI=1S/C14H14N2O/c1-10-6-7-14(17)13(8-10)16-9-11-4-2-3-5-12(11)15/h2-9,17H,15H2,1H3/p+1. The van der Waals surface area contributed by atoms with Crippen molar-refractivity contribution < 1.29 is 10.1 Å². The minimum atomic E-state index is 0.223. The fourth-order valence-corrected chi connectivity index (χ4v) is 1.56. The smallest absolute Gasteiger partial charge is 0.245 e. The maximum absolute atomic E-state index is 9.67. The average Bonchev–Trinajstić information content (AvgIpc) is 2.32. The number of aromatic hydroxyl groups is 1. The topological polar surface area (TPSA) is 60.2 Å². The van der Waals surface area contributed by atoms with E-state index < -0.39 is 0 Å². The number of rotatable bonds is 2. The quantitative estimate of drug-likeness (QED) is 0.409. The summed E-state index contributed by atoms with van der Waals surface area (Å²) in [6, 6.07) is 13.0. The van der Waals surface area contributed by atoms with Crippen LogP contribution in [0.1, 0.15) is 11.1 Å². The van der Waals surface area contributed by atoms with Crippen molar-refractivity contribution >= 4 is 17.6 Å². The van der Waals surface area contributed by atoms with E-state index >= 15 is 0 Å². The van der Waals surface area contributed by atoms with E-state index in [1.807, 2.05) is 43.3 Å². The van der Waals surface area contributed by atoms with E-state index in [1.165, 1.54) is 0 Å². The Morgan fingerprint density at radius 3 is 2.71 bits per heavy atom. The average molecular weight is 227 g/mol. The van der Waals surface area contributed by atoms with E-state index in [9.17, 15) is 5.11 Å². The Bertz CT molecular complexity index is 562. The number of nitrogen functional groups attached to an aromatic ring is 1. The highest BCUT2D eigenvalue weighted by Gasteiger charge is 2.05. The highest BCUT2D eigenvalue weighted by atomic mass is 16.3. The summed E-state index contributed by atoms with van der Waals surface area (Å²) in [4.78, 5) is 3.06. The molecule has 0 heterocycles. The molecule has 0 spiro atoms. The van der Waals surface area contributed by atoms with Crippen LogP contribution in [0.15, 0.2) is 42.5 Å². The van der Waals surface area contributed by atoms with E-state index in [1.54, 1.807) is 12.3 Å². The van der Waals surface area contributed by atoms with Gasteiger partial charge in [0.2, 0.25) is 5.69 Å². The van der Waals surface area contributed by atoms with Crippen molar-refractivity contribution in [1.29, 1.82) is 0 Å². The Hall–Kier alpha value is -2.29. The van der Waals surface area contributed by atoms with Crippen LogP contribution >= 0.6 is 0 Å². The second kappa shape index (κ2) is 4.70. The van der Waals surface area contributed by atoms with Crippen molar-refractivity contribution in [2.45, 2.75) is 6.92 Å². The number of benzene rings is 2. The van der Waals surface area contributed by atoms with Crippen molar-refractivity contribution in [1.82, 2.24) is 0 Å². The molecule has 3 heteroatoms. The SMILES string of the molecule is Cc1ccc(O)c([NH+]=Cc2ccccc2N)c1. The van der Waals surface area contributed by atoms with Crippen molar-refractivity contribution in [2.24, 2.45) is 0 Å². The summed E-state index contributed by atoms with van der Waals surface area (Å²) in [7, 11) is 0. The zero-order chi connectivity index (χ0) is 12.3. The van der Waals surface area contributed by atoms with Crippen molar-refractivity contribution in [3.05, 3.63) is 53.6 Å². The number of hydrogen-bond donors (Lipinski definition) is 3. The molecular formula is C14H15N2O+. The molecule has 0 radical (unpaired) electrons. The van der Waals surface area contributed by atoms with Crippen LogP contribution in [0.3, 0.4) is 0 Å². The summed E-state index contributed by atoms with van der Waals surface area (Å²) in [5.74, 6) is 0.223. The molecule has 0 aliphatic heterocycles. The molecule has 0 aliphatic rings. The largest absolute Gasteiger partial charge is 0.502 e. The van der Waals surface area contributed by atoms with Crippen LogP contribution in [0.4, 0.5) is 11.4 Å². The van der Waals surface area contributed by atoms with E-state index in [-0.39, 0.29) is 5.75 Å². The van der Waals surface area contributed by atoms with Gasteiger partial charge < -0.3 is 10.8 Å². The molecule has 0 bridgehead atoms. The summed E-state index contributed by atoms with van der Waals surface area (Å²) >= 11 is 0. The minimum Gasteiger partial charge on any atom is -0.502 e. The predicted octanol–water partition coefficient (Wildman–Crippen LogP) is 1.11. The van der Waals surface area contributed by atoms with Crippen LogP contribution in [-0.2, 0) is 0 Å². The molecular weight excluding hydrogens is 212 g/mol. The number of phenolic OH excluding ortho intramolecular Hbond substituents is 1. The molecule has 2 rings (SSSR count). The van der Waals surface area contributed by atoms with Gasteiger partial charge in [-0.2, -0.15) is 0 Å². The van der Waals surface area contributed by atoms with Gasteiger partial charge in [0.05, 0.1) is 5.56 Å². The summed E-state index contributed by atoms with van der Waals surface area (Å²) in [5.41, 5.74) is 9.17. The normalized spacial score (nSPS) is 10.9. The Kier molecular flexibility index (Phi) is 3.10. The number of nitrogens with one attached hydrogen (secondary N) is 1. The number of anilines is 1. The first-order chi connectivity index (χ1) is 8.16. The molecule has 0 saturated carbocycles. The zero-order valence-corrected chi connectivity index (χ0v) is 9.64. The van der Waals surface area contributed by atoms with Gasteiger partial charge in [0.15, 0.2) is 12.0 Å². The number of nitrogens with two attached hydrogens (primary N) is 1. The first kappa shape index (κ1) is 11.2. The van der Waals surface area contributed by atoms with Gasteiger partial charge in [-0.3, -0.25) is 0 Å². The van der Waals surface area contributed by atoms with E-state index in [0.717, 1.165) is 11.1 Å². The molecule has 0 aliphatic carbocycles. The molecule has 0 aromatic heterocycles. The molecule has 0 amide bonds. The Balaban J connectivity index is 2.32. The first-order valence-electron chi connectivity index (χ1n) is 5.41. The molecule has 86 valence electrons. The number of para-hydroxylation sites is 1. The van der Waals surface area contributed by atoms with Gasteiger partial charge in [0, 0.05) is 11.8 Å². The van der Waals surface area contributed by atoms with Crippen LogP contribution in [-0.4, -0.2) is 11.3 Å². The van der Waals surface area contributed by atoms with Crippen LogP contribution in [0.5, 0.6) is 5.75 Å². The van der Waals surface area contributed by atoms with Gasteiger partial charge in [0.25, 0.3) is 0 Å². The Morgan fingerprint density at radius 1 is 1.18 bits per heavy atom. The number of phenols is 1. The third kappa shape index (κ3) is 2.64. The fourth-order valence-electron chi connectivity index (χ4n) is 1.56. The molecule has 2 aromatic carbocycles. The number of aryl methyl sites for hydroxylation is 1. The lowest BCUT2D eigenvalue weighted by molar-refractivity contribution is -0.348. The zero-order valence-electron chi connectivity index (χ0n) is 9.64. The lowest BCUT2D eigenvalue weighted by atomic mass is 10.2. The highest BCUT2D eigenvalue weighted by molar-refractivity contribution is 5.83. The summed E-state index contributed by atoms with van der Waals surface area (Å²) < 4.78 is 0. The Labute approximate surface area is 100 Å². The van der Waals surface area contributed by atoms with Gasteiger partial charge in [-0.15, -0.1) is 0 Å². The second-order valence-electron chi connectivity index (χ2n) is 3.94. The molecule has 0 unspecified atom stereocenters. The maximum Gasteiger partial charge on any atom is 0.245 e. The molecule has 0 fully saturated rings. The molecule has 2 aromatic rings. The van der Waals surface area contributed by atoms with Crippen LogP contribution in [0.2, 0.25) is 0 Å². The van der Waals surface area contributed by atoms with Gasteiger partial charge in [-0.1, -0.05) is 18.2 Å². The van der Waals surface area contributed by atoms with E-state index in [4.69, 9.17) is 5.73 Å². The molecule has 3 nitrogen and oxygen atoms in total. The molecule has 4 N–H and O–H groups in total. The van der Waals surface area contributed by atoms with Crippen molar-refractivity contribution in [3.8, 4) is 5.75 Å². The molecule has 0 atom stereocenters. The third-order valence-corrected chi connectivity index (χ3v) is 2.53. The lowest BCUT2D eigenvalue weighted by Gasteiger charge is -1.97. The summed E-state index contributed by atoms with van der Waals surface area (Å²) in [6.07, 6.45) is 1.78. The second-order valence-corrected chi connectivity index (χ2v) is 3.94. The summed E-state index contributed by atoms with van der Waals surface area (Å²) in [5, 5.41) is 9.67. The minimum absolute atomic E-state index is 0.223. The van der Waals surface area contributed by atoms with Crippen molar-refractivity contribution in [2.75, 3.05) is 5.73 Å². The number of hydrogen-bond acceptors (Lipinski definition) is 2. The van der Waals surface area contributed by atoms with Crippen LogP contribution < -0.4 is 10.7 Å². The monoisotopic (exact) mass is 227 g/mol. The van der Waals surface area contributed by atoms with Crippen molar-refractivity contribution in [3.63, 3.8) is 0 Å². The predicted molar refractivity (Wildman–Crippen MR) is 69.5 cm³/mol. The van der Waals surface area contributed by atoms with E-state index in [0.29, 0.717) is 11.4 Å². The van der Waals surface area contributed by atoms with Gasteiger partial charge in [-0.25, -0.2) is 4.99 Å². The summed E-state index contributed by atoms with van der Waals surface area (Å²) in [6.45, 7) is 1.97. The van der Waals surface area contributed by atoms with Gasteiger partial charge in [-0.05, 0) is 30.7 Å². The molecule has 0 saturated heterocycles. The van der Waals surface area contributed by atoms with Gasteiger partial charge in [0.1, 0.15) is 0 Å². The fraction of sp³-hybridized carbons (Fsp3) is 0.0714. The first-order valence-corrected chi connectivity index (χ1v) is 5.41. The highest BCUT2D eigenvalue weighted by Crippen LogP contribution is 2.18. The maximum atomic E-state index is 9.67. The van der Waals surface area contributed by atoms with E-state index in [2.05, 4.69) is 4.99 Å². The van der Waals surface area contributed by atoms with Crippen LogP contribution in [0, 0.1) is 6.92 Å². The van der Waals surface area contributed by atoms with Crippen LogP contribution in [0.25, 0.3) is 0 Å². The lowest BCUT2D eigenvalue weighted by Crippen LogP contribution is -2.61. The Morgan fingerprint density at radius 2 is 1.94 bits per heavy atom.